The molecular formula is C42H53N3O9. The molecule has 0 aliphatic heterocycles. The summed E-state index contributed by atoms with van der Waals surface area (Å²) in [5, 5.41) is 16.0. The molecule has 0 radical (unpaired) electrons. The summed E-state index contributed by atoms with van der Waals surface area (Å²) in [6.45, 7) is 5.36. The molecule has 2 aliphatic rings. The van der Waals surface area contributed by atoms with Gasteiger partial charge in [0.15, 0.2) is 0 Å². The zero-order chi connectivity index (χ0) is 38.9. The molecule has 12 heteroatoms. The number of fused-ring (bicyclic) bond motifs is 1. The van der Waals surface area contributed by atoms with Crippen LogP contribution in [0.5, 0.6) is 11.5 Å². The van der Waals surface area contributed by atoms with Crippen molar-refractivity contribution in [3.8, 4) is 22.8 Å². The first-order chi connectivity index (χ1) is 25.9. The number of pyridine rings is 1. The van der Waals surface area contributed by atoms with Gasteiger partial charge in [-0.2, -0.15) is 0 Å². The third kappa shape index (κ3) is 9.56. The summed E-state index contributed by atoms with van der Waals surface area (Å²) in [7, 11) is 2.88. The SMILES string of the molecule is CC[C@H](NC(=O)[C@@H]1C[C@@H](Oc2cc(-c3ccccc3)nc3cc(OC)ccc23)C[C@H]1C(=O)C[C@H](C(=O)N[C@H](C(=O)OC)C1CCCCC1)C(C)C)C(=O)O. The van der Waals surface area contributed by atoms with Crippen LogP contribution in [0, 0.1) is 29.6 Å². The molecule has 2 fully saturated rings. The van der Waals surface area contributed by atoms with E-state index < -0.39 is 59.7 Å². The normalized spacial score (nSPS) is 20.4. The van der Waals surface area contributed by atoms with Crippen LogP contribution in [0.2, 0.25) is 0 Å². The Morgan fingerprint density at radius 3 is 2.24 bits per heavy atom. The minimum atomic E-state index is -1.17. The van der Waals surface area contributed by atoms with Crippen LogP contribution in [-0.2, 0) is 28.7 Å². The van der Waals surface area contributed by atoms with E-state index in [1.54, 1.807) is 14.0 Å². The van der Waals surface area contributed by atoms with Gasteiger partial charge in [0.1, 0.15) is 35.5 Å². The highest BCUT2D eigenvalue weighted by molar-refractivity contribution is 5.95. The Morgan fingerprint density at radius 1 is 0.907 bits per heavy atom. The van der Waals surface area contributed by atoms with Crippen LogP contribution in [-0.4, -0.2) is 72.0 Å². The Labute approximate surface area is 316 Å². The van der Waals surface area contributed by atoms with Gasteiger partial charge in [0.25, 0.3) is 0 Å². The zero-order valence-electron chi connectivity index (χ0n) is 31.8. The first-order valence-corrected chi connectivity index (χ1v) is 19.1. The number of nitrogens with one attached hydrogen (secondary N) is 2. The predicted octanol–water partition coefficient (Wildman–Crippen LogP) is 6.13. The first kappa shape index (κ1) is 40.2. The smallest absolute Gasteiger partial charge is 0.328 e. The number of rotatable bonds is 16. The number of benzene rings is 2. The van der Waals surface area contributed by atoms with E-state index in [2.05, 4.69) is 10.6 Å². The molecule has 0 unspecified atom stereocenters. The number of carbonyl (C=O) groups excluding carboxylic acids is 4. The summed E-state index contributed by atoms with van der Waals surface area (Å²) >= 11 is 0. The van der Waals surface area contributed by atoms with Crippen molar-refractivity contribution in [2.75, 3.05) is 14.2 Å². The molecule has 2 saturated carbocycles. The van der Waals surface area contributed by atoms with E-state index in [0.717, 1.165) is 43.1 Å². The number of amides is 2. The first-order valence-electron chi connectivity index (χ1n) is 19.1. The lowest BCUT2D eigenvalue weighted by molar-refractivity contribution is -0.148. The number of nitrogens with zero attached hydrogens (tertiary/aromatic N) is 1. The molecule has 3 aromatic rings. The molecule has 0 spiro atoms. The number of carboxylic acid groups (broad SMARTS) is 1. The monoisotopic (exact) mass is 743 g/mol. The fourth-order valence-corrected chi connectivity index (χ4v) is 7.91. The third-order valence-corrected chi connectivity index (χ3v) is 11.1. The predicted molar refractivity (Wildman–Crippen MR) is 203 cm³/mol. The molecule has 12 nitrogen and oxygen atoms in total. The largest absolute Gasteiger partial charge is 0.497 e. The Balaban J connectivity index is 1.42. The molecule has 5 rings (SSSR count). The van der Waals surface area contributed by atoms with Crippen molar-refractivity contribution in [1.82, 2.24) is 15.6 Å². The van der Waals surface area contributed by atoms with Crippen LogP contribution < -0.4 is 20.1 Å². The quantitative estimate of drug-likeness (QED) is 0.145. The Kier molecular flexibility index (Phi) is 13.7. The molecule has 290 valence electrons. The van der Waals surface area contributed by atoms with Crippen LogP contribution >= 0.6 is 0 Å². The van der Waals surface area contributed by atoms with Crippen molar-refractivity contribution >= 4 is 40.4 Å². The fourth-order valence-electron chi connectivity index (χ4n) is 7.91. The lowest BCUT2D eigenvalue weighted by Gasteiger charge is -2.31. The number of carboxylic acids is 1. The second kappa shape index (κ2) is 18.4. The number of carbonyl (C=O) groups is 5. The van der Waals surface area contributed by atoms with Crippen LogP contribution in [0.15, 0.2) is 54.6 Å². The van der Waals surface area contributed by atoms with Gasteiger partial charge in [-0.05, 0) is 56.1 Å². The van der Waals surface area contributed by atoms with Gasteiger partial charge in [0, 0.05) is 41.3 Å². The minimum Gasteiger partial charge on any atom is -0.497 e. The van der Waals surface area contributed by atoms with Crippen molar-refractivity contribution in [2.45, 2.75) is 96.7 Å². The van der Waals surface area contributed by atoms with Gasteiger partial charge < -0.3 is 30.0 Å². The fraction of sp³-hybridized carbons (Fsp3) is 0.524. The number of hydrogen-bond donors (Lipinski definition) is 3. The zero-order valence-corrected chi connectivity index (χ0v) is 31.8. The molecule has 2 aromatic carbocycles. The van der Waals surface area contributed by atoms with Gasteiger partial charge in [0.05, 0.1) is 31.3 Å². The lowest BCUT2D eigenvalue weighted by atomic mass is 9.81. The minimum absolute atomic E-state index is 0.0482. The van der Waals surface area contributed by atoms with Gasteiger partial charge in [-0.25, -0.2) is 14.6 Å². The lowest BCUT2D eigenvalue weighted by Crippen LogP contribution is -2.50. The molecular weight excluding hydrogens is 690 g/mol. The number of hydrogen-bond acceptors (Lipinski definition) is 9. The second-order valence-corrected chi connectivity index (χ2v) is 14.9. The number of aromatic nitrogens is 1. The highest BCUT2D eigenvalue weighted by Gasteiger charge is 2.46. The van der Waals surface area contributed by atoms with Crippen molar-refractivity contribution in [1.29, 1.82) is 0 Å². The molecule has 0 bridgehead atoms. The van der Waals surface area contributed by atoms with Crippen LogP contribution in [0.4, 0.5) is 0 Å². The van der Waals surface area contributed by atoms with E-state index in [0.29, 0.717) is 22.7 Å². The molecule has 1 heterocycles. The highest BCUT2D eigenvalue weighted by Crippen LogP contribution is 2.40. The van der Waals surface area contributed by atoms with Crippen molar-refractivity contribution in [3.05, 3.63) is 54.6 Å². The van der Waals surface area contributed by atoms with Crippen molar-refractivity contribution in [2.24, 2.45) is 29.6 Å². The molecule has 2 aliphatic carbocycles. The maximum atomic E-state index is 14.3. The van der Waals surface area contributed by atoms with Gasteiger partial charge in [0.2, 0.25) is 11.8 Å². The molecule has 1 aromatic heterocycles. The average molecular weight is 744 g/mol. The molecule has 54 heavy (non-hydrogen) atoms. The maximum absolute atomic E-state index is 14.3. The van der Waals surface area contributed by atoms with Gasteiger partial charge >= 0.3 is 11.9 Å². The van der Waals surface area contributed by atoms with Gasteiger partial charge in [-0.3, -0.25) is 14.4 Å². The van der Waals surface area contributed by atoms with Crippen LogP contribution in [0.3, 0.4) is 0 Å². The number of methoxy groups -OCH3 is 2. The highest BCUT2D eigenvalue weighted by atomic mass is 16.5. The summed E-state index contributed by atoms with van der Waals surface area (Å²) in [5.74, 6) is -4.57. The Hall–Kier alpha value is -5.00. The third-order valence-electron chi connectivity index (χ3n) is 11.1. The van der Waals surface area contributed by atoms with E-state index in [1.807, 2.05) is 68.4 Å². The second-order valence-electron chi connectivity index (χ2n) is 14.9. The van der Waals surface area contributed by atoms with Crippen LogP contribution in [0.1, 0.15) is 78.6 Å². The maximum Gasteiger partial charge on any atom is 0.328 e. The molecule has 3 N–H and O–H groups in total. The number of aliphatic carboxylic acids is 1. The van der Waals surface area contributed by atoms with E-state index >= 15 is 0 Å². The molecule has 2 amide bonds. The van der Waals surface area contributed by atoms with Gasteiger partial charge in [-0.15, -0.1) is 0 Å². The van der Waals surface area contributed by atoms with E-state index in [9.17, 15) is 29.1 Å². The number of ether oxygens (including phenoxy) is 3. The Morgan fingerprint density at radius 2 is 1.61 bits per heavy atom. The summed E-state index contributed by atoms with van der Waals surface area (Å²) in [6, 6.07) is 15.0. The van der Waals surface area contributed by atoms with E-state index in [-0.39, 0.29) is 43.3 Å². The summed E-state index contributed by atoms with van der Waals surface area (Å²) in [6.07, 6.45) is 4.37. The standard InChI is InChI=1S/C42H53N3O9/c1-6-33(41(49)50)44-40(48)32-20-28(54-37-23-34(25-13-9-7-10-14-25)43-35-21-27(52-4)17-18-29(35)37)19-31(32)36(46)22-30(24(2)3)39(47)45-38(42(51)53-5)26-15-11-8-12-16-26/h7,9-10,13-14,17-18,21,23-24,26,28,30-33,38H,6,8,11-12,15-16,19-20,22H2,1-5H3,(H,44,48)(H,45,47)(H,49,50)/t28-,30-,31+,32+,33-,38-/m0/s1. The molecule has 6 atom stereocenters. The van der Waals surface area contributed by atoms with Crippen molar-refractivity contribution in [3.63, 3.8) is 0 Å². The van der Waals surface area contributed by atoms with E-state index in [4.69, 9.17) is 19.2 Å². The number of Topliss-reactive ketones (excluding diaryl/α,β-unsaturated/α-hetero) is 1. The summed E-state index contributed by atoms with van der Waals surface area (Å²) in [5.41, 5.74) is 2.18. The summed E-state index contributed by atoms with van der Waals surface area (Å²) < 4.78 is 17.2. The van der Waals surface area contributed by atoms with E-state index in [1.165, 1.54) is 7.11 Å². The average Bonchev–Trinajstić information content (AvgIpc) is 3.61. The van der Waals surface area contributed by atoms with Crippen molar-refractivity contribution < 1.29 is 43.3 Å². The Bertz CT molecular complexity index is 1810. The molecule has 0 saturated heterocycles. The van der Waals surface area contributed by atoms with Crippen LogP contribution in [0.25, 0.3) is 22.2 Å². The topological polar surface area (TPSA) is 170 Å². The summed E-state index contributed by atoms with van der Waals surface area (Å²) in [4.78, 5) is 71.6. The number of esters is 1. The number of ketones is 1. The van der Waals surface area contributed by atoms with Gasteiger partial charge in [-0.1, -0.05) is 70.4 Å².